The highest BCUT2D eigenvalue weighted by Gasteiger charge is 2.37. The van der Waals surface area contributed by atoms with Crippen LogP contribution in [0.1, 0.15) is 37.9 Å². The Balaban J connectivity index is 2.14. The molecular formula is C14H21NO4S2. The van der Waals surface area contributed by atoms with Crippen LogP contribution in [0.25, 0.3) is 0 Å². The predicted octanol–water partition coefficient (Wildman–Crippen LogP) is 2.12. The average molecular weight is 331 g/mol. The van der Waals surface area contributed by atoms with Gasteiger partial charge in [0.2, 0.25) is 0 Å². The van der Waals surface area contributed by atoms with Crippen LogP contribution in [0, 0.1) is 11.8 Å². The van der Waals surface area contributed by atoms with Gasteiger partial charge in [-0.2, -0.15) is 0 Å². The smallest absolute Gasteiger partial charge is 0.307 e. The Hall–Kier alpha value is -0.950. The maximum Gasteiger partial charge on any atom is 0.307 e. The molecule has 2 unspecified atom stereocenters. The molecule has 21 heavy (non-hydrogen) atoms. The van der Waals surface area contributed by atoms with Gasteiger partial charge in [0.25, 0.3) is 0 Å². The molecular weight excluding hydrogens is 310 g/mol. The van der Waals surface area contributed by atoms with Crippen molar-refractivity contribution in [2.24, 2.45) is 11.8 Å². The minimum atomic E-state index is -3.06. The van der Waals surface area contributed by atoms with Crippen LogP contribution in [-0.4, -0.2) is 36.0 Å². The molecule has 0 aromatic carbocycles. The number of thiazole rings is 1. The number of nitrogens with zero attached hydrogens (tertiary/aromatic N) is 1. The fourth-order valence-corrected chi connectivity index (χ4v) is 5.49. The van der Waals surface area contributed by atoms with Crippen molar-refractivity contribution < 1.29 is 18.3 Å². The van der Waals surface area contributed by atoms with E-state index in [2.05, 4.69) is 25.8 Å². The second-order valence-corrected chi connectivity index (χ2v) is 9.86. The molecule has 0 amide bonds. The Kier molecular flexibility index (Phi) is 4.44. The zero-order valence-corrected chi connectivity index (χ0v) is 14.1. The summed E-state index contributed by atoms with van der Waals surface area (Å²) in [5, 5.41) is 12.1. The van der Waals surface area contributed by atoms with Crippen LogP contribution in [0.4, 0.5) is 0 Å². The quantitative estimate of drug-likeness (QED) is 0.913. The van der Waals surface area contributed by atoms with Gasteiger partial charge in [-0.05, 0) is 12.3 Å². The minimum absolute atomic E-state index is 0.0124. The highest BCUT2D eigenvalue weighted by atomic mass is 32.2. The van der Waals surface area contributed by atoms with Gasteiger partial charge in [0, 0.05) is 17.2 Å². The van der Waals surface area contributed by atoms with Gasteiger partial charge < -0.3 is 5.11 Å². The van der Waals surface area contributed by atoms with Crippen LogP contribution in [-0.2, 0) is 26.5 Å². The first-order valence-electron chi connectivity index (χ1n) is 6.96. The lowest BCUT2D eigenvalue weighted by molar-refractivity contribution is -0.143. The predicted molar refractivity (Wildman–Crippen MR) is 82.4 cm³/mol. The van der Waals surface area contributed by atoms with E-state index in [-0.39, 0.29) is 22.8 Å². The Labute approximate surface area is 129 Å². The van der Waals surface area contributed by atoms with Gasteiger partial charge in [-0.25, -0.2) is 13.4 Å². The zero-order chi connectivity index (χ0) is 15.8. The lowest BCUT2D eigenvalue weighted by Crippen LogP contribution is -2.26. The highest BCUT2D eigenvalue weighted by Crippen LogP contribution is 2.31. The molecule has 1 aromatic heterocycles. The second-order valence-electron chi connectivity index (χ2n) is 6.69. The second kappa shape index (κ2) is 5.68. The van der Waals surface area contributed by atoms with Gasteiger partial charge in [0.1, 0.15) is 0 Å². The third kappa shape index (κ3) is 4.03. The van der Waals surface area contributed by atoms with E-state index in [9.17, 15) is 18.3 Å². The Morgan fingerprint density at radius 2 is 2.19 bits per heavy atom. The summed E-state index contributed by atoms with van der Waals surface area (Å²) < 4.78 is 23.1. The van der Waals surface area contributed by atoms with E-state index in [1.165, 1.54) is 11.3 Å². The number of carboxylic acids is 1. The number of rotatable bonds is 4. The summed E-state index contributed by atoms with van der Waals surface area (Å²) in [6.07, 6.45) is 0.757. The first-order chi connectivity index (χ1) is 9.58. The summed E-state index contributed by atoms with van der Waals surface area (Å²) in [7, 11) is -3.06. The van der Waals surface area contributed by atoms with Gasteiger partial charge in [-0.3, -0.25) is 4.79 Å². The number of hydrogen-bond acceptors (Lipinski definition) is 5. The average Bonchev–Trinajstić information content (AvgIpc) is 2.91. The molecule has 2 heterocycles. The third-order valence-corrected chi connectivity index (χ3v) is 6.53. The lowest BCUT2D eigenvalue weighted by Gasteiger charge is -2.17. The van der Waals surface area contributed by atoms with E-state index >= 15 is 0 Å². The molecule has 1 aliphatic rings. The van der Waals surface area contributed by atoms with Crippen molar-refractivity contribution in [1.29, 1.82) is 0 Å². The van der Waals surface area contributed by atoms with Crippen LogP contribution in [0.2, 0.25) is 0 Å². The third-order valence-electron chi connectivity index (χ3n) is 3.87. The topological polar surface area (TPSA) is 84.3 Å². The lowest BCUT2D eigenvalue weighted by atomic mass is 9.89. The summed E-state index contributed by atoms with van der Waals surface area (Å²) in [6, 6.07) is 0. The fourth-order valence-electron chi connectivity index (χ4n) is 2.53. The van der Waals surface area contributed by atoms with Gasteiger partial charge in [-0.15, -0.1) is 11.3 Å². The highest BCUT2D eigenvalue weighted by molar-refractivity contribution is 7.91. The fraction of sp³-hybridized carbons (Fsp3) is 0.714. The first kappa shape index (κ1) is 16.4. The van der Waals surface area contributed by atoms with Gasteiger partial charge >= 0.3 is 5.97 Å². The number of aromatic nitrogens is 1. The van der Waals surface area contributed by atoms with Crippen molar-refractivity contribution in [3.63, 3.8) is 0 Å². The molecule has 0 saturated carbocycles. The van der Waals surface area contributed by atoms with Crippen molar-refractivity contribution in [1.82, 2.24) is 4.98 Å². The molecule has 1 N–H and O–H groups in total. The summed E-state index contributed by atoms with van der Waals surface area (Å²) in [6.45, 7) is 6.18. The molecule has 5 nitrogen and oxygen atoms in total. The molecule has 1 aliphatic heterocycles. The summed E-state index contributed by atoms with van der Waals surface area (Å²) >= 11 is 1.46. The van der Waals surface area contributed by atoms with E-state index in [4.69, 9.17) is 0 Å². The summed E-state index contributed by atoms with van der Waals surface area (Å²) in [5.41, 5.74) is 0.884. The normalized spacial score (nSPS) is 23.1. The van der Waals surface area contributed by atoms with Crippen LogP contribution in [0.5, 0.6) is 0 Å². The number of hydrogen-bond donors (Lipinski definition) is 1. The Bertz CT molecular complexity index is 628. The van der Waals surface area contributed by atoms with E-state index in [0.717, 1.165) is 10.7 Å². The maximum absolute atomic E-state index is 11.6. The molecule has 2 rings (SSSR count). The van der Waals surface area contributed by atoms with E-state index in [0.29, 0.717) is 12.8 Å². The summed E-state index contributed by atoms with van der Waals surface area (Å²) in [5.74, 6) is -1.80. The standard InChI is InChI=1S/C14H21NO4S2/c1-14(2,3)11-7-20-12(15-11)6-10(13(16)17)9-4-5-21(18,19)8-9/h7,9-10H,4-6,8H2,1-3H3,(H,16,17). The van der Waals surface area contributed by atoms with Crippen LogP contribution in [0.15, 0.2) is 5.38 Å². The molecule has 0 radical (unpaired) electrons. The van der Waals surface area contributed by atoms with E-state index in [1.807, 2.05) is 5.38 Å². The molecule has 2 atom stereocenters. The molecule has 0 aliphatic carbocycles. The molecule has 1 aromatic rings. The number of carbonyl (C=O) groups is 1. The van der Waals surface area contributed by atoms with Crippen LogP contribution in [0.3, 0.4) is 0 Å². The summed E-state index contributed by atoms with van der Waals surface area (Å²) in [4.78, 5) is 16.0. The number of sulfone groups is 1. The van der Waals surface area contributed by atoms with Gasteiger partial charge in [-0.1, -0.05) is 20.8 Å². The SMILES string of the molecule is CC(C)(C)c1csc(CC(C(=O)O)C2CCS(=O)(=O)C2)n1. The monoisotopic (exact) mass is 331 g/mol. The molecule has 0 bridgehead atoms. The molecule has 1 saturated heterocycles. The van der Waals surface area contributed by atoms with Gasteiger partial charge in [0.05, 0.1) is 28.1 Å². The Morgan fingerprint density at radius 3 is 2.62 bits per heavy atom. The van der Waals surface area contributed by atoms with Crippen molar-refractivity contribution in [2.75, 3.05) is 11.5 Å². The largest absolute Gasteiger partial charge is 0.481 e. The van der Waals surface area contributed by atoms with Crippen molar-refractivity contribution in [3.05, 3.63) is 16.1 Å². The van der Waals surface area contributed by atoms with E-state index < -0.39 is 21.7 Å². The molecule has 1 fully saturated rings. The number of carboxylic acid groups (broad SMARTS) is 1. The van der Waals surface area contributed by atoms with Crippen molar-refractivity contribution in [3.8, 4) is 0 Å². The molecule has 118 valence electrons. The number of aliphatic carboxylic acids is 1. The molecule has 0 spiro atoms. The maximum atomic E-state index is 11.6. The zero-order valence-electron chi connectivity index (χ0n) is 12.5. The van der Waals surface area contributed by atoms with E-state index in [1.54, 1.807) is 0 Å². The van der Waals surface area contributed by atoms with Crippen molar-refractivity contribution in [2.45, 2.75) is 39.0 Å². The van der Waals surface area contributed by atoms with Crippen molar-refractivity contribution >= 4 is 27.1 Å². The molecule has 7 heteroatoms. The first-order valence-corrected chi connectivity index (χ1v) is 9.67. The Morgan fingerprint density at radius 1 is 1.52 bits per heavy atom. The van der Waals surface area contributed by atoms with Crippen LogP contribution >= 0.6 is 11.3 Å². The van der Waals surface area contributed by atoms with Gasteiger partial charge in [0.15, 0.2) is 9.84 Å². The van der Waals surface area contributed by atoms with Crippen LogP contribution < -0.4 is 0 Å². The minimum Gasteiger partial charge on any atom is -0.481 e.